The lowest BCUT2D eigenvalue weighted by atomic mass is 9.89. The largest absolute Gasteiger partial charge is 0.341 e. The summed E-state index contributed by atoms with van der Waals surface area (Å²) in [5.74, 6) is 1.38. The van der Waals surface area contributed by atoms with Crippen LogP contribution in [0.5, 0.6) is 0 Å². The van der Waals surface area contributed by atoms with Crippen molar-refractivity contribution in [2.24, 2.45) is 11.8 Å². The fourth-order valence-corrected chi connectivity index (χ4v) is 4.88. The van der Waals surface area contributed by atoms with Crippen molar-refractivity contribution < 1.29 is 9.59 Å². The van der Waals surface area contributed by atoms with Crippen LogP contribution in [0.15, 0.2) is 24.3 Å². The minimum absolute atomic E-state index is 0.0557. The Morgan fingerprint density at radius 2 is 1.00 bits per heavy atom. The summed E-state index contributed by atoms with van der Waals surface area (Å²) in [6.45, 7) is 1.67. The molecule has 1 aromatic rings. The highest BCUT2D eigenvalue weighted by Crippen LogP contribution is 2.25. The molecule has 2 saturated carbocycles. The van der Waals surface area contributed by atoms with Gasteiger partial charge in [0.2, 0.25) is 0 Å². The molecule has 154 valence electrons. The van der Waals surface area contributed by atoms with Crippen LogP contribution in [-0.2, 0) is 0 Å². The monoisotopic (exact) mass is 384 g/mol. The summed E-state index contributed by atoms with van der Waals surface area (Å²) in [5, 5.41) is 0. The van der Waals surface area contributed by atoms with E-state index in [1.54, 1.807) is 24.3 Å². The molecule has 0 radical (unpaired) electrons. The topological polar surface area (TPSA) is 40.6 Å². The van der Waals surface area contributed by atoms with Crippen molar-refractivity contribution in [3.05, 3.63) is 35.4 Å². The molecule has 4 heteroatoms. The molecule has 28 heavy (non-hydrogen) atoms. The lowest BCUT2D eigenvalue weighted by molar-refractivity contribution is 0.0749. The highest BCUT2D eigenvalue weighted by Gasteiger charge is 2.21. The quantitative estimate of drug-likeness (QED) is 0.693. The second-order valence-corrected chi connectivity index (χ2v) is 8.96. The maximum atomic E-state index is 12.7. The summed E-state index contributed by atoms with van der Waals surface area (Å²) in [4.78, 5) is 29.2. The lowest BCUT2D eigenvalue weighted by Gasteiger charge is -2.27. The Kier molecular flexibility index (Phi) is 7.52. The number of hydrogen-bond donors (Lipinski definition) is 0. The van der Waals surface area contributed by atoms with Crippen molar-refractivity contribution in [3.8, 4) is 0 Å². The molecule has 0 atom stereocenters. The van der Waals surface area contributed by atoms with Crippen molar-refractivity contribution in [3.63, 3.8) is 0 Å². The number of carbonyl (C=O) groups is 2. The Hall–Kier alpha value is -1.84. The van der Waals surface area contributed by atoms with Crippen LogP contribution in [0, 0.1) is 11.8 Å². The van der Waals surface area contributed by atoms with Gasteiger partial charge in [-0.15, -0.1) is 0 Å². The van der Waals surface area contributed by atoms with Gasteiger partial charge in [-0.3, -0.25) is 9.59 Å². The van der Waals surface area contributed by atoms with E-state index >= 15 is 0 Å². The van der Waals surface area contributed by atoms with Crippen LogP contribution in [-0.4, -0.2) is 48.8 Å². The van der Waals surface area contributed by atoms with E-state index in [0.29, 0.717) is 23.0 Å². The third-order valence-electron chi connectivity index (χ3n) is 6.59. The SMILES string of the molecule is CN(CC1CCCCC1)C(=O)c1ccc(C(=O)N(C)CC2CCCCC2)cc1. The Morgan fingerprint density at radius 1 is 0.679 bits per heavy atom. The van der Waals surface area contributed by atoms with Gasteiger partial charge in [0.05, 0.1) is 0 Å². The minimum Gasteiger partial charge on any atom is -0.341 e. The van der Waals surface area contributed by atoms with Gasteiger partial charge in [-0.25, -0.2) is 0 Å². The Labute approximate surface area is 170 Å². The third-order valence-corrected chi connectivity index (χ3v) is 6.59. The second kappa shape index (κ2) is 10.1. The molecule has 4 nitrogen and oxygen atoms in total. The van der Waals surface area contributed by atoms with Crippen molar-refractivity contribution in [1.29, 1.82) is 0 Å². The van der Waals surface area contributed by atoms with Crippen LogP contribution in [0.2, 0.25) is 0 Å². The van der Waals surface area contributed by atoms with Crippen molar-refractivity contribution in [2.45, 2.75) is 64.2 Å². The van der Waals surface area contributed by atoms with Gasteiger partial charge in [0.1, 0.15) is 0 Å². The van der Waals surface area contributed by atoms with E-state index < -0.39 is 0 Å². The average molecular weight is 385 g/mol. The molecule has 2 fully saturated rings. The van der Waals surface area contributed by atoms with Gasteiger partial charge in [0.25, 0.3) is 11.8 Å². The van der Waals surface area contributed by atoms with Crippen LogP contribution >= 0.6 is 0 Å². The van der Waals surface area contributed by atoms with Crippen molar-refractivity contribution in [2.75, 3.05) is 27.2 Å². The molecule has 2 aliphatic carbocycles. The van der Waals surface area contributed by atoms with E-state index in [4.69, 9.17) is 0 Å². The van der Waals surface area contributed by atoms with Crippen LogP contribution in [0.4, 0.5) is 0 Å². The van der Waals surface area contributed by atoms with E-state index in [1.165, 1.54) is 64.2 Å². The Balaban J connectivity index is 1.54. The van der Waals surface area contributed by atoms with Gasteiger partial charge in [-0.2, -0.15) is 0 Å². The van der Waals surface area contributed by atoms with Gasteiger partial charge in [0.15, 0.2) is 0 Å². The predicted octanol–water partition coefficient (Wildman–Crippen LogP) is 4.99. The predicted molar refractivity (Wildman–Crippen MR) is 114 cm³/mol. The Morgan fingerprint density at radius 3 is 1.32 bits per heavy atom. The zero-order chi connectivity index (χ0) is 19.9. The van der Waals surface area contributed by atoms with E-state index in [0.717, 1.165) is 13.1 Å². The maximum Gasteiger partial charge on any atom is 0.253 e. The van der Waals surface area contributed by atoms with Gasteiger partial charge in [-0.1, -0.05) is 38.5 Å². The first-order valence-corrected chi connectivity index (χ1v) is 11.2. The first-order valence-electron chi connectivity index (χ1n) is 11.2. The molecule has 0 aromatic heterocycles. The van der Waals surface area contributed by atoms with Gasteiger partial charge in [-0.05, 0) is 61.8 Å². The van der Waals surface area contributed by atoms with Gasteiger partial charge >= 0.3 is 0 Å². The molecule has 0 N–H and O–H groups in total. The fourth-order valence-electron chi connectivity index (χ4n) is 4.88. The summed E-state index contributed by atoms with van der Waals surface area (Å²) in [7, 11) is 3.79. The number of amides is 2. The van der Waals surface area contributed by atoms with E-state index in [9.17, 15) is 9.59 Å². The molecule has 0 saturated heterocycles. The smallest absolute Gasteiger partial charge is 0.253 e. The average Bonchev–Trinajstić information content (AvgIpc) is 2.74. The van der Waals surface area contributed by atoms with Crippen LogP contribution in [0.3, 0.4) is 0 Å². The zero-order valence-corrected chi connectivity index (χ0v) is 17.7. The first-order chi connectivity index (χ1) is 13.5. The number of carbonyl (C=O) groups excluding carboxylic acids is 2. The molecule has 0 unspecified atom stereocenters. The van der Waals surface area contributed by atoms with Crippen molar-refractivity contribution in [1.82, 2.24) is 9.80 Å². The fraction of sp³-hybridized carbons (Fsp3) is 0.667. The zero-order valence-electron chi connectivity index (χ0n) is 17.7. The van der Waals surface area contributed by atoms with Crippen LogP contribution < -0.4 is 0 Å². The number of hydrogen-bond acceptors (Lipinski definition) is 2. The molecule has 3 rings (SSSR count). The number of benzene rings is 1. The minimum atomic E-state index is 0.0557. The normalized spacial score (nSPS) is 18.6. The van der Waals surface area contributed by atoms with E-state index in [-0.39, 0.29) is 11.8 Å². The molecule has 2 amide bonds. The van der Waals surface area contributed by atoms with E-state index in [1.807, 2.05) is 23.9 Å². The molecular formula is C24H36N2O2. The molecule has 0 spiro atoms. The summed E-state index contributed by atoms with van der Waals surface area (Å²) < 4.78 is 0. The lowest BCUT2D eigenvalue weighted by Crippen LogP contribution is -2.33. The third kappa shape index (κ3) is 5.59. The van der Waals surface area contributed by atoms with Crippen LogP contribution in [0.25, 0.3) is 0 Å². The van der Waals surface area contributed by atoms with Crippen molar-refractivity contribution >= 4 is 11.8 Å². The molecule has 1 aromatic carbocycles. The Bertz CT molecular complexity index is 586. The molecular weight excluding hydrogens is 348 g/mol. The highest BCUT2D eigenvalue weighted by molar-refractivity contribution is 5.97. The van der Waals surface area contributed by atoms with Crippen LogP contribution in [0.1, 0.15) is 84.9 Å². The van der Waals surface area contributed by atoms with E-state index in [2.05, 4.69) is 0 Å². The number of rotatable bonds is 6. The summed E-state index contributed by atoms with van der Waals surface area (Å²) in [5.41, 5.74) is 1.34. The highest BCUT2D eigenvalue weighted by atomic mass is 16.2. The van der Waals surface area contributed by atoms with Gasteiger partial charge < -0.3 is 9.80 Å². The second-order valence-electron chi connectivity index (χ2n) is 8.96. The first kappa shape index (κ1) is 20.9. The molecule has 2 aliphatic rings. The maximum absolute atomic E-state index is 12.7. The molecule has 0 bridgehead atoms. The summed E-state index contributed by atoms with van der Waals surface area (Å²) >= 11 is 0. The standard InChI is InChI=1S/C24H36N2O2/c1-25(17-19-9-5-3-6-10-19)23(27)21-13-15-22(16-14-21)24(28)26(2)18-20-11-7-4-8-12-20/h13-16,19-20H,3-12,17-18H2,1-2H3. The summed E-state index contributed by atoms with van der Waals surface area (Å²) in [6.07, 6.45) is 12.8. The number of nitrogens with zero attached hydrogens (tertiary/aromatic N) is 2. The molecule has 0 heterocycles. The molecule has 0 aliphatic heterocycles. The summed E-state index contributed by atoms with van der Waals surface area (Å²) in [6, 6.07) is 7.23. The van der Waals surface area contributed by atoms with Gasteiger partial charge in [0, 0.05) is 38.3 Å².